The number of carboxylic acid groups (broad SMARTS) is 1. The van der Waals surface area contributed by atoms with Crippen molar-refractivity contribution in [2.45, 2.75) is 38.8 Å². The van der Waals surface area contributed by atoms with Crippen molar-refractivity contribution < 1.29 is 23.9 Å². The van der Waals surface area contributed by atoms with Crippen molar-refractivity contribution in [3.8, 4) is 6.07 Å². The van der Waals surface area contributed by atoms with Crippen molar-refractivity contribution in [3.63, 3.8) is 0 Å². The maximum atomic E-state index is 13.8. The zero-order chi connectivity index (χ0) is 19.0. The number of carbonyl (C=O) groups is 3. The Balaban J connectivity index is 2.96. The van der Waals surface area contributed by atoms with Gasteiger partial charge in [0.15, 0.2) is 0 Å². The molecule has 7 nitrogen and oxygen atoms in total. The second kappa shape index (κ2) is 9.37. The van der Waals surface area contributed by atoms with Crippen LogP contribution in [0.2, 0.25) is 0 Å². The molecule has 0 fully saturated rings. The lowest BCUT2D eigenvalue weighted by molar-refractivity contribution is -0.143. The van der Waals surface area contributed by atoms with Crippen LogP contribution in [0.4, 0.5) is 4.39 Å². The molecule has 0 saturated carbocycles. The van der Waals surface area contributed by atoms with Gasteiger partial charge in [0.1, 0.15) is 17.9 Å². The molecule has 2 amide bonds. The molecule has 25 heavy (non-hydrogen) atoms. The van der Waals surface area contributed by atoms with E-state index in [1.54, 1.807) is 6.07 Å². The smallest absolute Gasteiger partial charge is 0.326 e. The lowest BCUT2D eigenvalue weighted by Crippen LogP contribution is -2.54. The number of hydrogen-bond acceptors (Lipinski definition) is 4. The van der Waals surface area contributed by atoms with Gasteiger partial charge < -0.3 is 15.7 Å². The van der Waals surface area contributed by atoms with E-state index in [0.717, 1.165) is 0 Å². The number of carboxylic acids is 1. The quantitative estimate of drug-likeness (QED) is 0.647. The number of nitrogens with one attached hydrogen (secondary N) is 2. The van der Waals surface area contributed by atoms with Gasteiger partial charge in [-0.3, -0.25) is 9.59 Å². The van der Waals surface area contributed by atoms with Crippen molar-refractivity contribution in [1.29, 1.82) is 5.26 Å². The number of amides is 2. The number of nitrogens with zero attached hydrogens (tertiary/aromatic N) is 1. The molecule has 0 bridgehead atoms. The summed E-state index contributed by atoms with van der Waals surface area (Å²) >= 11 is 0. The van der Waals surface area contributed by atoms with Gasteiger partial charge in [-0.15, -0.1) is 0 Å². The minimum atomic E-state index is -1.29. The SMILES string of the molecule is CC(=O)N[C@@H](Cc1ccccc1F)C(=O)N[C@@H](C(=O)O)[C@H](C)CC#N. The van der Waals surface area contributed by atoms with Gasteiger partial charge in [-0.25, -0.2) is 9.18 Å². The van der Waals surface area contributed by atoms with Gasteiger partial charge >= 0.3 is 5.97 Å². The van der Waals surface area contributed by atoms with Crippen LogP contribution in [0.5, 0.6) is 0 Å². The number of rotatable bonds is 8. The molecule has 3 N–H and O–H groups in total. The fraction of sp³-hybridized carbons (Fsp3) is 0.412. The number of nitriles is 1. The summed E-state index contributed by atoms with van der Waals surface area (Å²) in [6, 6.07) is 5.22. The molecule has 0 unspecified atom stereocenters. The van der Waals surface area contributed by atoms with Gasteiger partial charge in [-0.2, -0.15) is 5.26 Å². The topological polar surface area (TPSA) is 119 Å². The average Bonchev–Trinajstić information content (AvgIpc) is 2.53. The molecule has 0 aliphatic heterocycles. The summed E-state index contributed by atoms with van der Waals surface area (Å²) in [5, 5.41) is 22.7. The van der Waals surface area contributed by atoms with Crippen molar-refractivity contribution in [2.24, 2.45) is 5.92 Å². The van der Waals surface area contributed by atoms with Crippen molar-refractivity contribution in [1.82, 2.24) is 10.6 Å². The summed E-state index contributed by atoms with van der Waals surface area (Å²) in [6.45, 7) is 2.72. The van der Waals surface area contributed by atoms with Crippen LogP contribution >= 0.6 is 0 Å². The summed E-state index contributed by atoms with van der Waals surface area (Å²) < 4.78 is 13.8. The Kier molecular flexibility index (Phi) is 7.53. The fourth-order valence-electron chi connectivity index (χ4n) is 2.30. The molecule has 0 saturated heterocycles. The van der Waals surface area contributed by atoms with E-state index in [9.17, 15) is 23.9 Å². The highest BCUT2D eigenvalue weighted by atomic mass is 19.1. The van der Waals surface area contributed by atoms with Crippen LogP contribution in [0, 0.1) is 23.1 Å². The Labute approximate surface area is 144 Å². The third kappa shape index (κ3) is 6.22. The van der Waals surface area contributed by atoms with Crippen LogP contribution in [0.3, 0.4) is 0 Å². The molecule has 1 aromatic rings. The monoisotopic (exact) mass is 349 g/mol. The van der Waals surface area contributed by atoms with Crippen molar-refractivity contribution in [3.05, 3.63) is 35.6 Å². The molecule has 3 atom stereocenters. The minimum Gasteiger partial charge on any atom is -0.480 e. The fourth-order valence-corrected chi connectivity index (χ4v) is 2.30. The Bertz CT molecular complexity index is 687. The van der Waals surface area contributed by atoms with Gasteiger partial charge in [-0.05, 0) is 11.6 Å². The van der Waals surface area contributed by atoms with E-state index in [1.807, 2.05) is 6.07 Å². The maximum Gasteiger partial charge on any atom is 0.326 e. The molecule has 0 aliphatic carbocycles. The van der Waals surface area contributed by atoms with Crippen LogP contribution < -0.4 is 10.6 Å². The van der Waals surface area contributed by atoms with Gasteiger partial charge in [0.2, 0.25) is 11.8 Å². The molecule has 0 aliphatic rings. The first kappa shape index (κ1) is 20.1. The van der Waals surface area contributed by atoms with Crippen LogP contribution in [0.15, 0.2) is 24.3 Å². The first-order valence-electron chi connectivity index (χ1n) is 7.66. The zero-order valence-electron chi connectivity index (χ0n) is 14.0. The van der Waals surface area contributed by atoms with E-state index in [1.165, 1.54) is 32.0 Å². The van der Waals surface area contributed by atoms with Gasteiger partial charge in [0.25, 0.3) is 0 Å². The lowest BCUT2D eigenvalue weighted by Gasteiger charge is -2.23. The molecule has 0 heterocycles. The van der Waals surface area contributed by atoms with Crippen molar-refractivity contribution in [2.75, 3.05) is 0 Å². The molecule has 1 aromatic carbocycles. The summed E-state index contributed by atoms with van der Waals surface area (Å²) in [5.74, 6) is -3.70. The Morgan fingerprint density at radius 3 is 2.44 bits per heavy atom. The number of benzene rings is 1. The average molecular weight is 349 g/mol. The Morgan fingerprint density at radius 1 is 1.28 bits per heavy atom. The molecular weight excluding hydrogens is 329 g/mol. The highest BCUT2D eigenvalue weighted by molar-refractivity contribution is 5.90. The zero-order valence-corrected chi connectivity index (χ0v) is 14.0. The second-order valence-corrected chi connectivity index (χ2v) is 5.71. The van der Waals surface area contributed by atoms with Gasteiger partial charge in [0.05, 0.1) is 6.07 Å². The molecule has 0 spiro atoms. The highest BCUT2D eigenvalue weighted by Gasteiger charge is 2.30. The normalized spacial score (nSPS) is 13.8. The van der Waals surface area contributed by atoms with E-state index in [2.05, 4.69) is 10.6 Å². The summed E-state index contributed by atoms with van der Waals surface area (Å²) in [6.07, 6.45) is -0.188. The van der Waals surface area contributed by atoms with Crippen molar-refractivity contribution >= 4 is 17.8 Å². The molecule has 0 aromatic heterocycles. The number of aliphatic carboxylic acids is 1. The first-order valence-corrected chi connectivity index (χ1v) is 7.66. The third-order valence-electron chi connectivity index (χ3n) is 3.62. The number of carbonyl (C=O) groups excluding carboxylic acids is 2. The standard InChI is InChI=1S/C17H20FN3O4/c1-10(7-8-19)15(17(24)25)21-16(23)14(20-11(2)22)9-12-5-3-4-6-13(12)18/h3-6,10,14-15H,7,9H2,1-2H3,(H,20,22)(H,21,23)(H,24,25)/t10-,14+,15-/m1/s1. The summed E-state index contributed by atoms with van der Waals surface area (Å²) in [5.41, 5.74) is 0.216. The molecule has 8 heteroatoms. The van der Waals surface area contributed by atoms with E-state index in [4.69, 9.17) is 5.26 Å². The summed E-state index contributed by atoms with van der Waals surface area (Å²) in [7, 11) is 0. The van der Waals surface area contributed by atoms with E-state index >= 15 is 0 Å². The van der Waals surface area contributed by atoms with E-state index < -0.39 is 41.6 Å². The Hall–Kier alpha value is -2.95. The number of hydrogen-bond donors (Lipinski definition) is 3. The molecule has 134 valence electrons. The maximum absolute atomic E-state index is 13.8. The lowest BCUT2D eigenvalue weighted by atomic mass is 9.97. The molecule has 1 rings (SSSR count). The third-order valence-corrected chi connectivity index (χ3v) is 3.62. The minimum absolute atomic E-state index is 0.0602. The van der Waals surface area contributed by atoms with Crippen LogP contribution in [0.1, 0.15) is 25.8 Å². The summed E-state index contributed by atoms with van der Waals surface area (Å²) in [4.78, 5) is 35.1. The second-order valence-electron chi connectivity index (χ2n) is 5.71. The highest BCUT2D eigenvalue weighted by Crippen LogP contribution is 2.12. The first-order chi connectivity index (χ1) is 11.8. The van der Waals surface area contributed by atoms with Crippen LogP contribution in [0.25, 0.3) is 0 Å². The van der Waals surface area contributed by atoms with E-state index in [-0.39, 0.29) is 18.4 Å². The van der Waals surface area contributed by atoms with Gasteiger partial charge in [0, 0.05) is 25.7 Å². The van der Waals surface area contributed by atoms with E-state index in [0.29, 0.717) is 0 Å². The molecule has 0 radical (unpaired) electrons. The predicted octanol–water partition coefficient (Wildman–Crippen LogP) is 0.992. The van der Waals surface area contributed by atoms with Crippen LogP contribution in [-0.4, -0.2) is 35.0 Å². The van der Waals surface area contributed by atoms with Gasteiger partial charge in [-0.1, -0.05) is 25.1 Å². The van der Waals surface area contributed by atoms with Crippen LogP contribution in [-0.2, 0) is 20.8 Å². The largest absolute Gasteiger partial charge is 0.480 e. The Morgan fingerprint density at radius 2 is 1.92 bits per heavy atom. The molecular formula is C17H20FN3O4. The number of halogens is 1. The predicted molar refractivity (Wildman–Crippen MR) is 86.7 cm³/mol.